The molecule has 2 aromatic rings. The fraction of sp³-hybridized carbons (Fsp3) is 0.308. The molecule has 7 nitrogen and oxygen atoms in total. The highest BCUT2D eigenvalue weighted by Crippen LogP contribution is 2.36. The van der Waals surface area contributed by atoms with Crippen molar-refractivity contribution in [3.05, 3.63) is 64.2 Å². The standard InChI is InChI=1S/C26H29ClN4O3/c1-5-25(33)29-20-10-7-18(8-11-20)24-14-23(30-31(24)26(34)6-2)17(4)16(3)21-13-19(27)9-12-22(21)28-15-32/h7-13,15,24H,5-6,14H2,1-4H3,(H,28,32)(H,29,33)/b17-16+. The van der Waals surface area contributed by atoms with Gasteiger partial charge in [0.15, 0.2) is 0 Å². The maximum atomic E-state index is 12.7. The lowest BCUT2D eigenvalue weighted by Gasteiger charge is -2.21. The van der Waals surface area contributed by atoms with Gasteiger partial charge in [-0.25, -0.2) is 5.01 Å². The normalized spacial score (nSPS) is 16.0. The van der Waals surface area contributed by atoms with Crippen LogP contribution in [0.15, 0.2) is 53.1 Å². The number of rotatable bonds is 8. The fourth-order valence-electron chi connectivity index (χ4n) is 3.86. The number of carbonyl (C=O) groups is 3. The van der Waals surface area contributed by atoms with E-state index in [4.69, 9.17) is 16.7 Å². The van der Waals surface area contributed by atoms with Crippen molar-refractivity contribution >= 4 is 52.5 Å². The van der Waals surface area contributed by atoms with Crippen molar-refractivity contribution in [1.82, 2.24) is 5.01 Å². The number of amides is 3. The number of nitrogens with zero attached hydrogens (tertiary/aromatic N) is 2. The zero-order chi connectivity index (χ0) is 24.8. The second-order valence-corrected chi connectivity index (χ2v) is 8.52. The summed E-state index contributed by atoms with van der Waals surface area (Å²) in [4.78, 5) is 35.4. The lowest BCUT2D eigenvalue weighted by Crippen LogP contribution is -2.26. The van der Waals surface area contributed by atoms with E-state index < -0.39 is 0 Å². The van der Waals surface area contributed by atoms with Crippen LogP contribution in [0.1, 0.15) is 64.1 Å². The summed E-state index contributed by atoms with van der Waals surface area (Å²) >= 11 is 6.22. The molecular formula is C26H29ClN4O3. The van der Waals surface area contributed by atoms with E-state index in [-0.39, 0.29) is 17.9 Å². The minimum atomic E-state index is -0.243. The van der Waals surface area contributed by atoms with Gasteiger partial charge in [-0.05, 0) is 60.9 Å². The average molecular weight is 481 g/mol. The van der Waals surface area contributed by atoms with Crippen molar-refractivity contribution in [3.8, 4) is 0 Å². The molecule has 34 heavy (non-hydrogen) atoms. The summed E-state index contributed by atoms with van der Waals surface area (Å²) < 4.78 is 0. The third-order valence-electron chi connectivity index (χ3n) is 5.96. The van der Waals surface area contributed by atoms with E-state index >= 15 is 0 Å². The van der Waals surface area contributed by atoms with E-state index in [0.717, 1.165) is 28.0 Å². The monoisotopic (exact) mass is 480 g/mol. The molecule has 0 aliphatic carbocycles. The molecule has 0 saturated carbocycles. The highest BCUT2D eigenvalue weighted by atomic mass is 35.5. The van der Waals surface area contributed by atoms with E-state index in [1.807, 2.05) is 45.0 Å². The number of anilines is 2. The van der Waals surface area contributed by atoms with Crippen LogP contribution in [-0.2, 0) is 14.4 Å². The minimum absolute atomic E-state index is 0.0530. The molecule has 1 atom stereocenters. The van der Waals surface area contributed by atoms with Gasteiger partial charge in [-0.15, -0.1) is 0 Å². The van der Waals surface area contributed by atoms with Crippen LogP contribution in [0.5, 0.6) is 0 Å². The number of allylic oxidation sites excluding steroid dienone is 2. The highest BCUT2D eigenvalue weighted by Gasteiger charge is 2.32. The summed E-state index contributed by atoms with van der Waals surface area (Å²) in [6.07, 6.45) is 1.92. The molecule has 1 heterocycles. The molecule has 0 bridgehead atoms. The van der Waals surface area contributed by atoms with Crippen LogP contribution in [0, 0.1) is 0 Å². The van der Waals surface area contributed by atoms with Crippen LogP contribution < -0.4 is 10.6 Å². The van der Waals surface area contributed by atoms with Crippen LogP contribution in [-0.4, -0.2) is 28.9 Å². The van der Waals surface area contributed by atoms with Crippen LogP contribution >= 0.6 is 11.6 Å². The van der Waals surface area contributed by atoms with Crippen LogP contribution in [0.25, 0.3) is 5.57 Å². The molecule has 3 rings (SSSR count). The molecule has 1 aliphatic heterocycles. The van der Waals surface area contributed by atoms with Gasteiger partial charge in [-0.3, -0.25) is 14.4 Å². The maximum Gasteiger partial charge on any atom is 0.242 e. The first-order valence-electron chi connectivity index (χ1n) is 11.3. The average Bonchev–Trinajstić information content (AvgIpc) is 3.29. The number of carbonyl (C=O) groups excluding carboxylic acids is 3. The molecule has 1 unspecified atom stereocenters. The Morgan fingerprint density at radius 1 is 1.09 bits per heavy atom. The molecular weight excluding hydrogens is 452 g/mol. The van der Waals surface area contributed by atoms with Crippen molar-refractivity contribution in [2.75, 3.05) is 10.6 Å². The summed E-state index contributed by atoms with van der Waals surface area (Å²) in [5, 5.41) is 12.4. The smallest absolute Gasteiger partial charge is 0.242 e. The molecule has 0 saturated heterocycles. The number of hydrogen-bond acceptors (Lipinski definition) is 4. The molecule has 1 aliphatic rings. The van der Waals surface area contributed by atoms with E-state index in [9.17, 15) is 14.4 Å². The number of benzene rings is 2. The summed E-state index contributed by atoms with van der Waals surface area (Å²) in [6.45, 7) is 7.52. The lowest BCUT2D eigenvalue weighted by atomic mass is 9.93. The van der Waals surface area contributed by atoms with Crippen LogP contribution in [0.3, 0.4) is 0 Å². The van der Waals surface area contributed by atoms with Crippen molar-refractivity contribution in [1.29, 1.82) is 0 Å². The van der Waals surface area contributed by atoms with Gasteiger partial charge >= 0.3 is 0 Å². The largest absolute Gasteiger partial charge is 0.328 e. The highest BCUT2D eigenvalue weighted by molar-refractivity contribution is 6.31. The van der Waals surface area contributed by atoms with Gasteiger partial charge in [0.25, 0.3) is 0 Å². The lowest BCUT2D eigenvalue weighted by molar-refractivity contribution is -0.132. The second kappa shape index (κ2) is 11.1. The van der Waals surface area contributed by atoms with Crippen molar-refractivity contribution < 1.29 is 14.4 Å². The van der Waals surface area contributed by atoms with Gasteiger partial charge in [0, 0.05) is 41.2 Å². The molecule has 2 aromatic carbocycles. The Kier molecular flexibility index (Phi) is 8.23. The Balaban J connectivity index is 1.94. The van der Waals surface area contributed by atoms with Gasteiger partial charge < -0.3 is 10.6 Å². The Bertz CT molecular complexity index is 1160. The molecule has 3 amide bonds. The van der Waals surface area contributed by atoms with Crippen LogP contribution in [0.2, 0.25) is 5.02 Å². The topological polar surface area (TPSA) is 90.9 Å². The van der Waals surface area contributed by atoms with Crippen molar-refractivity contribution in [2.24, 2.45) is 5.10 Å². The molecule has 0 fully saturated rings. The van der Waals surface area contributed by atoms with E-state index in [0.29, 0.717) is 42.1 Å². The summed E-state index contributed by atoms with van der Waals surface area (Å²) in [5.74, 6) is -0.123. The zero-order valence-corrected chi connectivity index (χ0v) is 20.6. The quantitative estimate of drug-likeness (QED) is 0.468. The SMILES string of the molecule is CCC(=O)Nc1ccc(C2CC(/C(C)=C(\C)c3cc(Cl)ccc3NC=O)=NN2C(=O)CC)cc1. The van der Waals surface area contributed by atoms with Gasteiger partial charge in [0.2, 0.25) is 18.2 Å². The Hall–Kier alpha value is -3.45. The first-order chi connectivity index (χ1) is 16.3. The predicted molar refractivity (Wildman–Crippen MR) is 137 cm³/mol. The summed E-state index contributed by atoms with van der Waals surface area (Å²) in [7, 11) is 0. The van der Waals surface area contributed by atoms with E-state index in [1.54, 1.807) is 30.1 Å². The summed E-state index contributed by atoms with van der Waals surface area (Å²) in [6, 6.07) is 12.5. The molecule has 2 N–H and O–H groups in total. The first kappa shape index (κ1) is 25.2. The summed E-state index contributed by atoms with van der Waals surface area (Å²) in [5.41, 5.74) is 5.72. The number of hydrogen-bond donors (Lipinski definition) is 2. The van der Waals surface area contributed by atoms with Gasteiger partial charge in [-0.2, -0.15) is 5.10 Å². The molecule has 0 aromatic heterocycles. The Morgan fingerprint density at radius 3 is 2.41 bits per heavy atom. The van der Waals surface area contributed by atoms with E-state index in [1.165, 1.54) is 0 Å². The second-order valence-electron chi connectivity index (χ2n) is 8.08. The number of hydrazone groups is 1. The molecule has 8 heteroatoms. The molecule has 0 spiro atoms. The fourth-order valence-corrected chi connectivity index (χ4v) is 4.03. The van der Waals surface area contributed by atoms with Crippen LogP contribution in [0.4, 0.5) is 11.4 Å². The van der Waals surface area contributed by atoms with Gasteiger partial charge in [-0.1, -0.05) is 37.6 Å². The Labute approximate surface area is 204 Å². The van der Waals surface area contributed by atoms with E-state index in [2.05, 4.69) is 10.6 Å². The van der Waals surface area contributed by atoms with Gasteiger partial charge in [0.05, 0.1) is 11.8 Å². The minimum Gasteiger partial charge on any atom is -0.328 e. The predicted octanol–water partition coefficient (Wildman–Crippen LogP) is 5.79. The number of halogens is 1. The Morgan fingerprint density at radius 2 is 1.79 bits per heavy atom. The first-order valence-corrected chi connectivity index (χ1v) is 11.6. The van der Waals surface area contributed by atoms with Crippen molar-refractivity contribution in [2.45, 2.75) is 53.0 Å². The van der Waals surface area contributed by atoms with Gasteiger partial charge in [0.1, 0.15) is 0 Å². The zero-order valence-electron chi connectivity index (χ0n) is 19.8. The molecule has 0 radical (unpaired) electrons. The number of nitrogens with one attached hydrogen (secondary N) is 2. The van der Waals surface area contributed by atoms with Crippen molar-refractivity contribution in [3.63, 3.8) is 0 Å². The third-order valence-corrected chi connectivity index (χ3v) is 6.20. The molecule has 178 valence electrons. The maximum absolute atomic E-state index is 12.7. The third kappa shape index (κ3) is 5.54.